The fourth-order valence-corrected chi connectivity index (χ4v) is 9.48. The van der Waals surface area contributed by atoms with E-state index in [0.29, 0.717) is 19.3 Å². The van der Waals surface area contributed by atoms with Crippen LogP contribution in [0.5, 0.6) is 0 Å². The fourth-order valence-electron chi connectivity index (χ4n) is 9.48. The number of carbonyl (C=O) groups is 3. The van der Waals surface area contributed by atoms with Crippen molar-refractivity contribution in [3.05, 3.63) is 60.8 Å². The molecular formula is C68H122O6. The summed E-state index contributed by atoms with van der Waals surface area (Å²) in [5.41, 5.74) is 0. The van der Waals surface area contributed by atoms with Crippen LogP contribution in [0.15, 0.2) is 60.8 Å². The van der Waals surface area contributed by atoms with E-state index >= 15 is 0 Å². The molecule has 0 rings (SSSR count). The van der Waals surface area contributed by atoms with Gasteiger partial charge in [0, 0.05) is 19.3 Å². The van der Waals surface area contributed by atoms with E-state index in [2.05, 4.69) is 81.5 Å². The van der Waals surface area contributed by atoms with Crippen LogP contribution < -0.4 is 0 Å². The van der Waals surface area contributed by atoms with E-state index < -0.39 is 6.10 Å². The number of unbranched alkanes of at least 4 members (excludes halogenated alkanes) is 38. The third-order valence-electron chi connectivity index (χ3n) is 14.3. The van der Waals surface area contributed by atoms with E-state index in [4.69, 9.17) is 14.2 Å². The van der Waals surface area contributed by atoms with Gasteiger partial charge in [-0.2, -0.15) is 0 Å². The van der Waals surface area contributed by atoms with Crippen molar-refractivity contribution in [1.82, 2.24) is 0 Å². The van der Waals surface area contributed by atoms with Crippen LogP contribution in [0.4, 0.5) is 0 Å². The largest absolute Gasteiger partial charge is 0.462 e. The van der Waals surface area contributed by atoms with Crippen LogP contribution in [0.2, 0.25) is 0 Å². The van der Waals surface area contributed by atoms with Crippen LogP contribution >= 0.6 is 0 Å². The predicted molar refractivity (Wildman–Crippen MR) is 321 cm³/mol. The SMILES string of the molecule is CC/C=C\C/C=C\C/C=C\C/C=C\C/C=C\CCCC(=O)OC(COC(=O)CCCCCCCCCCCCCCCCCC)COC(=O)CCCCCCCCCCCCCCCCCCCCCCCCC. The number of allylic oxidation sites excluding steroid dienone is 10. The third-order valence-corrected chi connectivity index (χ3v) is 14.3. The monoisotopic (exact) mass is 1030 g/mol. The number of rotatable bonds is 59. The maximum Gasteiger partial charge on any atom is 0.306 e. The highest BCUT2D eigenvalue weighted by molar-refractivity contribution is 5.71. The van der Waals surface area contributed by atoms with Gasteiger partial charge in [-0.05, 0) is 57.8 Å². The van der Waals surface area contributed by atoms with Crippen LogP contribution in [0.1, 0.15) is 335 Å². The summed E-state index contributed by atoms with van der Waals surface area (Å²) in [6.45, 7) is 6.54. The molecular weight excluding hydrogens is 913 g/mol. The molecule has 0 aliphatic carbocycles. The molecule has 1 unspecified atom stereocenters. The molecule has 6 nitrogen and oxygen atoms in total. The van der Waals surface area contributed by atoms with Gasteiger partial charge < -0.3 is 14.2 Å². The minimum atomic E-state index is -0.802. The Morgan fingerprint density at radius 1 is 0.284 bits per heavy atom. The molecule has 74 heavy (non-hydrogen) atoms. The van der Waals surface area contributed by atoms with Crippen molar-refractivity contribution < 1.29 is 28.6 Å². The maximum atomic E-state index is 12.9. The highest BCUT2D eigenvalue weighted by Crippen LogP contribution is 2.18. The lowest BCUT2D eigenvalue weighted by Gasteiger charge is -2.18. The van der Waals surface area contributed by atoms with Gasteiger partial charge in [-0.3, -0.25) is 14.4 Å². The first-order valence-corrected chi connectivity index (χ1v) is 32.3. The van der Waals surface area contributed by atoms with Crippen molar-refractivity contribution in [3.8, 4) is 0 Å². The second kappa shape index (κ2) is 62.6. The zero-order valence-corrected chi connectivity index (χ0v) is 49.4. The van der Waals surface area contributed by atoms with Crippen molar-refractivity contribution in [3.63, 3.8) is 0 Å². The molecule has 0 aliphatic heterocycles. The number of hydrogen-bond donors (Lipinski definition) is 0. The van der Waals surface area contributed by atoms with E-state index in [9.17, 15) is 14.4 Å². The maximum absolute atomic E-state index is 12.9. The molecule has 0 aromatic rings. The Hall–Kier alpha value is -2.89. The summed E-state index contributed by atoms with van der Waals surface area (Å²) < 4.78 is 16.9. The summed E-state index contributed by atoms with van der Waals surface area (Å²) in [6.07, 6.45) is 79.5. The van der Waals surface area contributed by atoms with E-state index in [1.165, 1.54) is 212 Å². The van der Waals surface area contributed by atoms with Gasteiger partial charge in [0.15, 0.2) is 6.10 Å². The minimum Gasteiger partial charge on any atom is -0.462 e. The summed E-state index contributed by atoms with van der Waals surface area (Å²) in [5.74, 6) is -0.930. The lowest BCUT2D eigenvalue weighted by atomic mass is 10.0. The molecule has 0 aliphatic rings. The molecule has 1 atom stereocenters. The highest BCUT2D eigenvalue weighted by atomic mass is 16.6. The summed E-state index contributed by atoms with van der Waals surface area (Å²) >= 11 is 0. The van der Waals surface area contributed by atoms with E-state index in [-0.39, 0.29) is 37.5 Å². The normalized spacial score (nSPS) is 12.4. The molecule has 0 aromatic carbocycles. The van der Waals surface area contributed by atoms with E-state index in [1.54, 1.807) is 0 Å². The van der Waals surface area contributed by atoms with E-state index in [1.807, 2.05) is 0 Å². The Kier molecular flexibility index (Phi) is 60.2. The second-order valence-corrected chi connectivity index (χ2v) is 21.7. The predicted octanol–water partition coefficient (Wildman–Crippen LogP) is 21.9. The molecule has 430 valence electrons. The molecule has 0 aromatic heterocycles. The summed E-state index contributed by atoms with van der Waals surface area (Å²) in [5, 5.41) is 0. The van der Waals surface area contributed by atoms with Gasteiger partial charge in [0.25, 0.3) is 0 Å². The first kappa shape index (κ1) is 71.1. The van der Waals surface area contributed by atoms with Gasteiger partial charge in [-0.25, -0.2) is 0 Å². The van der Waals surface area contributed by atoms with Gasteiger partial charge >= 0.3 is 17.9 Å². The standard InChI is InChI=1S/C68H122O6/c1-4-7-10-13-16-19-22-25-28-31-32-33-34-35-36-38-40-43-46-49-52-55-58-61-67(70)73-64-65(63-72-66(69)60-57-54-51-48-45-42-39-30-27-24-21-18-15-12-9-6-3)74-68(71)62-59-56-53-50-47-44-41-37-29-26-23-20-17-14-11-8-5-2/h8,11,17,20,26,29,41,44,50,53,65H,4-7,9-10,12-16,18-19,21-25,27-28,30-40,42-43,45-49,51-52,54-64H2,1-3H3/b11-8-,20-17-,29-26-,44-41-,53-50-. The molecule has 0 N–H and O–H groups in total. The van der Waals surface area contributed by atoms with Crippen molar-refractivity contribution in [2.75, 3.05) is 13.2 Å². The Balaban J connectivity index is 4.35. The van der Waals surface area contributed by atoms with Crippen LogP contribution in [0.3, 0.4) is 0 Å². The molecule has 6 heteroatoms. The molecule has 0 radical (unpaired) electrons. The van der Waals surface area contributed by atoms with Crippen LogP contribution in [0.25, 0.3) is 0 Å². The smallest absolute Gasteiger partial charge is 0.306 e. The average molecular weight is 1040 g/mol. The number of ether oxygens (including phenoxy) is 3. The Morgan fingerprint density at radius 3 is 0.811 bits per heavy atom. The van der Waals surface area contributed by atoms with Crippen molar-refractivity contribution in [2.45, 2.75) is 341 Å². The summed E-state index contributed by atoms with van der Waals surface area (Å²) in [4.78, 5) is 38.3. The lowest BCUT2D eigenvalue weighted by molar-refractivity contribution is -0.167. The minimum absolute atomic E-state index is 0.0922. The van der Waals surface area contributed by atoms with Gasteiger partial charge in [0.2, 0.25) is 0 Å². The van der Waals surface area contributed by atoms with Crippen LogP contribution in [0, 0.1) is 0 Å². The number of hydrogen-bond acceptors (Lipinski definition) is 6. The molecule has 0 amide bonds. The topological polar surface area (TPSA) is 78.9 Å². The lowest BCUT2D eigenvalue weighted by Crippen LogP contribution is -2.30. The van der Waals surface area contributed by atoms with Gasteiger partial charge in [0.05, 0.1) is 0 Å². The summed E-state index contributed by atoms with van der Waals surface area (Å²) in [6, 6.07) is 0. The number of carbonyl (C=O) groups excluding carboxylic acids is 3. The van der Waals surface area contributed by atoms with Crippen molar-refractivity contribution in [2.24, 2.45) is 0 Å². The molecule has 0 bridgehead atoms. The van der Waals surface area contributed by atoms with Crippen LogP contribution in [-0.2, 0) is 28.6 Å². The van der Waals surface area contributed by atoms with Crippen molar-refractivity contribution >= 4 is 17.9 Å². The van der Waals surface area contributed by atoms with Crippen LogP contribution in [-0.4, -0.2) is 37.2 Å². The molecule has 0 fully saturated rings. The van der Waals surface area contributed by atoms with Gasteiger partial charge in [-0.1, -0.05) is 319 Å². The Bertz CT molecular complexity index is 1330. The van der Waals surface area contributed by atoms with Gasteiger partial charge in [-0.15, -0.1) is 0 Å². The Labute approximate surface area is 460 Å². The zero-order valence-electron chi connectivity index (χ0n) is 49.4. The third kappa shape index (κ3) is 60.0. The molecule has 0 saturated carbocycles. The second-order valence-electron chi connectivity index (χ2n) is 21.7. The fraction of sp³-hybridized carbons (Fsp3) is 0.809. The Morgan fingerprint density at radius 2 is 0.527 bits per heavy atom. The quantitative estimate of drug-likeness (QED) is 0.0261. The highest BCUT2D eigenvalue weighted by Gasteiger charge is 2.19. The average Bonchev–Trinajstić information content (AvgIpc) is 3.40. The van der Waals surface area contributed by atoms with Crippen molar-refractivity contribution in [1.29, 1.82) is 0 Å². The molecule has 0 spiro atoms. The van der Waals surface area contributed by atoms with Gasteiger partial charge in [0.1, 0.15) is 13.2 Å². The number of esters is 3. The molecule has 0 heterocycles. The first-order valence-electron chi connectivity index (χ1n) is 32.3. The molecule has 0 saturated heterocycles. The zero-order chi connectivity index (χ0) is 53.6. The first-order chi connectivity index (χ1) is 36.5. The van der Waals surface area contributed by atoms with E-state index in [0.717, 1.165) is 77.0 Å². The summed E-state index contributed by atoms with van der Waals surface area (Å²) in [7, 11) is 0.